The van der Waals surface area contributed by atoms with Gasteiger partial charge in [0.1, 0.15) is 0 Å². The Hall–Kier alpha value is -1.32. The summed E-state index contributed by atoms with van der Waals surface area (Å²) in [5, 5.41) is 0. The van der Waals surface area contributed by atoms with Crippen molar-refractivity contribution in [2.24, 2.45) is 17.3 Å². The van der Waals surface area contributed by atoms with Gasteiger partial charge in [0, 0.05) is 0 Å². The molecule has 0 spiro atoms. The van der Waals surface area contributed by atoms with Crippen molar-refractivity contribution >= 4 is 11.9 Å². The summed E-state index contributed by atoms with van der Waals surface area (Å²) in [6, 6.07) is 0. The highest BCUT2D eigenvalue weighted by molar-refractivity contribution is 5.77. The van der Waals surface area contributed by atoms with E-state index in [1.807, 2.05) is 20.8 Å². The lowest BCUT2D eigenvalue weighted by Gasteiger charge is -2.26. The van der Waals surface area contributed by atoms with E-state index >= 15 is 0 Å². The molecule has 110 valence electrons. The van der Waals surface area contributed by atoms with Crippen molar-refractivity contribution in [1.29, 1.82) is 0 Å². The molecule has 0 N–H and O–H groups in total. The first-order chi connectivity index (χ1) is 8.73. The van der Waals surface area contributed by atoms with Crippen LogP contribution < -0.4 is 0 Å². The van der Waals surface area contributed by atoms with Crippen molar-refractivity contribution in [2.75, 3.05) is 13.2 Å². The molecule has 0 saturated carbocycles. The van der Waals surface area contributed by atoms with Crippen LogP contribution in [0.15, 0.2) is 12.2 Å². The van der Waals surface area contributed by atoms with Gasteiger partial charge in [0.2, 0.25) is 0 Å². The second-order valence-electron chi connectivity index (χ2n) is 5.52. The van der Waals surface area contributed by atoms with Crippen LogP contribution in [0.5, 0.6) is 0 Å². The number of hydrogen-bond donors (Lipinski definition) is 0. The predicted octanol–water partition coefficient (Wildman–Crippen LogP) is 2.97. The van der Waals surface area contributed by atoms with Crippen molar-refractivity contribution in [1.82, 2.24) is 0 Å². The number of carbonyl (C=O) groups excluding carboxylic acids is 2. The molecule has 0 radical (unpaired) electrons. The second kappa shape index (κ2) is 7.97. The molecule has 2 atom stereocenters. The van der Waals surface area contributed by atoms with Crippen molar-refractivity contribution in [3.8, 4) is 0 Å². The Bertz CT molecular complexity index is 326. The minimum Gasteiger partial charge on any atom is -0.466 e. The fourth-order valence-corrected chi connectivity index (χ4v) is 1.58. The van der Waals surface area contributed by atoms with Gasteiger partial charge >= 0.3 is 11.9 Å². The summed E-state index contributed by atoms with van der Waals surface area (Å²) in [5.74, 6) is -1.28. The van der Waals surface area contributed by atoms with Crippen molar-refractivity contribution in [3.63, 3.8) is 0 Å². The molecule has 0 aliphatic carbocycles. The Labute approximate surface area is 116 Å². The van der Waals surface area contributed by atoms with Gasteiger partial charge in [0.25, 0.3) is 0 Å². The van der Waals surface area contributed by atoms with Gasteiger partial charge in [-0.2, -0.15) is 0 Å². The maximum absolute atomic E-state index is 11.9. The quantitative estimate of drug-likeness (QED) is 0.550. The molecule has 0 fully saturated rings. The van der Waals surface area contributed by atoms with E-state index in [1.54, 1.807) is 32.9 Å². The van der Waals surface area contributed by atoms with Gasteiger partial charge in [0.15, 0.2) is 0 Å². The van der Waals surface area contributed by atoms with E-state index in [0.717, 1.165) is 0 Å². The standard InChI is InChI=1S/C15H26O4/c1-7-18-13(16)11(3)9-10-12(15(4,5)6)14(17)19-8-2/h9-12H,7-8H2,1-6H3/b10-9+/t11-,12?/m0/s1. The molecule has 0 heterocycles. The third-order valence-electron chi connectivity index (χ3n) is 2.72. The van der Waals surface area contributed by atoms with Crippen LogP contribution >= 0.6 is 0 Å². The van der Waals surface area contributed by atoms with Crippen LogP contribution in [0.2, 0.25) is 0 Å². The predicted molar refractivity (Wildman–Crippen MR) is 74.5 cm³/mol. The number of esters is 2. The molecule has 1 unspecified atom stereocenters. The minimum atomic E-state index is -0.371. The van der Waals surface area contributed by atoms with Crippen LogP contribution in [0.3, 0.4) is 0 Å². The second-order valence-corrected chi connectivity index (χ2v) is 5.52. The van der Waals surface area contributed by atoms with E-state index in [1.165, 1.54) is 0 Å². The number of ether oxygens (including phenoxy) is 2. The van der Waals surface area contributed by atoms with Crippen LogP contribution in [-0.2, 0) is 19.1 Å². The minimum absolute atomic E-state index is 0.253. The zero-order valence-electron chi connectivity index (χ0n) is 12.9. The van der Waals surface area contributed by atoms with Crippen LogP contribution in [0.1, 0.15) is 41.5 Å². The maximum atomic E-state index is 11.9. The molecule has 0 aromatic rings. The first-order valence-corrected chi connectivity index (χ1v) is 6.75. The topological polar surface area (TPSA) is 52.6 Å². The lowest BCUT2D eigenvalue weighted by molar-refractivity contribution is -0.150. The molecule has 0 aromatic carbocycles. The molecule has 4 heteroatoms. The van der Waals surface area contributed by atoms with Gasteiger partial charge in [-0.15, -0.1) is 0 Å². The summed E-state index contributed by atoms with van der Waals surface area (Å²) in [4.78, 5) is 23.4. The summed E-state index contributed by atoms with van der Waals surface area (Å²) in [5.41, 5.74) is -0.253. The third-order valence-corrected chi connectivity index (χ3v) is 2.72. The Morgan fingerprint density at radius 2 is 1.47 bits per heavy atom. The van der Waals surface area contributed by atoms with Crippen LogP contribution in [0, 0.1) is 17.3 Å². The molecule has 19 heavy (non-hydrogen) atoms. The Morgan fingerprint density at radius 3 is 1.89 bits per heavy atom. The molecule has 0 aliphatic rings. The van der Waals surface area contributed by atoms with E-state index in [2.05, 4.69) is 0 Å². The van der Waals surface area contributed by atoms with Gasteiger partial charge in [-0.05, 0) is 26.2 Å². The zero-order valence-corrected chi connectivity index (χ0v) is 12.9. The molecule has 0 amide bonds. The van der Waals surface area contributed by atoms with E-state index < -0.39 is 0 Å². The fraction of sp³-hybridized carbons (Fsp3) is 0.733. The molecule has 0 aliphatic heterocycles. The van der Waals surface area contributed by atoms with Gasteiger partial charge in [-0.3, -0.25) is 9.59 Å². The van der Waals surface area contributed by atoms with Gasteiger partial charge < -0.3 is 9.47 Å². The molecule has 0 saturated heterocycles. The maximum Gasteiger partial charge on any atom is 0.313 e. The van der Waals surface area contributed by atoms with Gasteiger partial charge in [0.05, 0.1) is 25.0 Å². The summed E-state index contributed by atoms with van der Waals surface area (Å²) in [6.07, 6.45) is 3.46. The van der Waals surface area contributed by atoms with E-state index in [-0.39, 0.29) is 29.2 Å². The fourth-order valence-electron chi connectivity index (χ4n) is 1.58. The highest BCUT2D eigenvalue weighted by Crippen LogP contribution is 2.28. The first kappa shape index (κ1) is 17.7. The molecule has 0 rings (SSSR count). The zero-order chi connectivity index (χ0) is 15.1. The molecule has 4 nitrogen and oxygen atoms in total. The Morgan fingerprint density at radius 1 is 1.00 bits per heavy atom. The largest absolute Gasteiger partial charge is 0.466 e. The van der Waals surface area contributed by atoms with E-state index in [4.69, 9.17) is 9.47 Å². The summed E-state index contributed by atoms with van der Waals surface area (Å²) >= 11 is 0. The smallest absolute Gasteiger partial charge is 0.313 e. The van der Waals surface area contributed by atoms with Crippen LogP contribution in [0.25, 0.3) is 0 Å². The Balaban J connectivity index is 4.83. The van der Waals surface area contributed by atoms with Gasteiger partial charge in [-0.25, -0.2) is 0 Å². The van der Waals surface area contributed by atoms with Crippen molar-refractivity contribution in [3.05, 3.63) is 12.2 Å². The van der Waals surface area contributed by atoms with E-state index in [9.17, 15) is 9.59 Å². The number of carbonyl (C=O) groups is 2. The lowest BCUT2D eigenvalue weighted by Crippen LogP contribution is -2.29. The number of rotatable bonds is 6. The average molecular weight is 270 g/mol. The highest BCUT2D eigenvalue weighted by Gasteiger charge is 2.30. The normalized spacial score (nSPS) is 15.1. The van der Waals surface area contributed by atoms with Crippen LogP contribution in [0.4, 0.5) is 0 Å². The molecular weight excluding hydrogens is 244 g/mol. The summed E-state index contributed by atoms with van der Waals surface area (Å²) in [6.45, 7) is 11.9. The monoisotopic (exact) mass is 270 g/mol. The Kier molecular flexibility index (Phi) is 7.42. The molecule has 0 bridgehead atoms. The first-order valence-electron chi connectivity index (χ1n) is 6.75. The van der Waals surface area contributed by atoms with E-state index in [0.29, 0.717) is 13.2 Å². The summed E-state index contributed by atoms with van der Waals surface area (Å²) < 4.78 is 9.99. The number of hydrogen-bond acceptors (Lipinski definition) is 4. The molecular formula is C15H26O4. The average Bonchev–Trinajstić information content (AvgIpc) is 2.27. The SMILES string of the molecule is CCOC(=O)C(/C=C/[C@H](C)C(=O)OCC)C(C)(C)C. The highest BCUT2D eigenvalue weighted by atomic mass is 16.5. The summed E-state index contributed by atoms with van der Waals surface area (Å²) in [7, 11) is 0. The third kappa shape index (κ3) is 6.41. The van der Waals surface area contributed by atoms with Crippen LogP contribution in [-0.4, -0.2) is 25.2 Å². The lowest BCUT2D eigenvalue weighted by atomic mass is 9.80. The molecule has 0 aromatic heterocycles. The van der Waals surface area contributed by atoms with Gasteiger partial charge in [-0.1, -0.05) is 32.9 Å². The van der Waals surface area contributed by atoms with Crippen molar-refractivity contribution < 1.29 is 19.1 Å². The van der Waals surface area contributed by atoms with Crippen molar-refractivity contribution in [2.45, 2.75) is 41.5 Å².